The number of likely N-dealkylation sites (tertiary alicyclic amines) is 1. The summed E-state index contributed by atoms with van der Waals surface area (Å²) >= 11 is 3.44. The number of halogens is 2. The molecule has 0 saturated carbocycles. The van der Waals surface area contributed by atoms with Crippen molar-refractivity contribution in [2.75, 3.05) is 11.9 Å². The second-order valence-corrected chi connectivity index (χ2v) is 5.57. The molecule has 1 amide bonds. The van der Waals surface area contributed by atoms with Crippen molar-refractivity contribution in [2.24, 2.45) is 5.92 Å². The Labute approximate surface area is 115 Å². The summed E-state index contributed by atoms with van der Waals surface area (Å²) in [5.74, 6) is -0.124. The van der Waals surface area contributed by atoms with Crippen LogP contribution in [0.25, 0.3) is 0 Å². The quantitative estimate of drug-likeness (QED) is 0.766. The first-order valence-corrected chi connectivity index (χ1v) is 7.30. The molecule has 1 saturated heterocycles. The maximum Gasteiger partial charge on any atom is 0.257 e. The number of aryl methyl sites for hydroxylation is 1. The summed E-state index contributed by atoms with van der Waals surface area (Å²) in [5, 5.41) is 0.743. The number of benzene rings is 1. The van der Waals surface area contributed by atoms with Gasteiger partial charge in [-0.25, -0.2) is 4.39 Å². The van der Waals surface area contributed by atoms with Gasteiger partial charge in [0.2, 0.25) is 0 Å². The van der Waals surface area contributed by atoms with Crippen molar-refractivity contribution in [3.05, 3.63) is 35.1 Å². The van der Waals surface area contributed by atoms with Crippen LogP contribution in [0.1, 0.15) is 29.3 Å². The molecule has 1 heterocycles. The molecule has 0 bridgehead atoms. The molecule has 1 fully saturated rings. The number of hydrogen-bond donors (Lipinski definition) is 0. The Balaban J connectivity index is 2.29. The lowest BCUT2D eigenvalue weighted by Gasteiger charge is -2.25. The molecule has 2 atom stereocenters. The number of rotatable bonds is 2. The monoisotopic (exact) mass is 313 g/mol. The van der Waals surface area contributed by atoms with E-state index in [2.05, 4.69) is 22.9 Å². The molecule has 0 aromatic heterocycles. The maximum atomic E-state index is 14.0. The normalized spacial score (nSPS) is 23.4. The topological polar surface area (TPSA) is 20.3 Å². The highest BCUT2D eigenvalue weighted by Crippen LogP contribution is 2.27. The summed E-state index contributed by atoms with van der Waals surface area (Å²) in [5.41, 5.74) is 0.707. The van der Waals surface area contributed by atoms with Crippen molar-refractivity contribution in [2.45, 2.75) is 26.3 Å². The van der Waals surface area contributed by atoms with Crippen LogP contribution in [0.4, 0.5) is 4.39 Å². The summed E-state index contributed by atoms with van der Waals surface area (Å²) in [7, 11) is 0. The van der Waals surface area contributed by atoms with E-state index in [1.807, 2.05) is 0 Å². The van der Waals surface area contributed by atoms with Gasteiger partial charge in [0, 0.05) is 17.9 Å². The molecule has 18 heavy (non-hydrogen) atoms. The summed E-state index contributed by atoms with van der Waals surface area (Å²) in [6.07, 6.45) is 0.982. The first kappa shape index (κ1) is 13.5. The lowest BCUT2D eigenvalue weighted by atomic mass is 10.0. The number of hydrogen-bond acceptors (Lipinski definition) is 1. The van der Waals surface area contributed by atoms with E-state index in [4.69, 9.17) is 0 Å². The van der Waals surface area contributed by atoms with Gasteiger partial charge in [-0.3, -0.25) is 4.79 Å². The molecule has 1 aliphatic rings. The lowest BCUT2D eigenvalue weighted by Crippen LogP contribution is -2.39. The van der Waals surface area contributed by atoms with Crippen molar-refractivity contribution in [3.8, 4) is 0 Å². The van der Waals surface area contributed by atoms with Crippen LogP contribution in [0.3, 0.4) is 0 Å². The van der Waals surface area contributed by atoms with E-state index < -0.39 is 5.82 Å². The van der Waals surface area contributed by atoms with Crippen LogP contribution in [-0.2, 0) is 0 Å². The Morgan fingerprint density at radius 3 is 2.94 bits per heavy atom. The van der Waals surface area contributed by atoms with Gasteiger partial charge < -0.3 is 4.90 Å². The Morgan fingerprint density at radius 2 is 2.28 bits per heavy atom. The zero-order chi connectivity index (χ0) is 13.3. The Hall–Kier alpha value is -0.900. The Morgan fingerprint density at radius 1 is 1.56 bits per heavy atom. The summed E-state index contributed by atoms with van der Waals surface area (Å²) in [4.78, 5) is 14.2. The number of amides is 1. The molecule has 0 N–H and O–H groups in total. The molecule has 2 rings (SSSR count). The largest absolute Gasteiger partial charge is 0.334 e. The second kappa shape index (κ2) is 5.39. The van der Waals surface area contributed by atoms with Gasteiger partial charge in [0.05, 0.1) is 5.56 Å². The number of alkyl halides is 1. The van der Waals surface area contributed by atoms with Crippen LogP contribution in [0.5, 0.6) is 0 Å². The first-order valence-electron chi connectivity index (χ1n) is 6.18. The number of nitrogens with zero attached hydrogens (tertiary/aromatic N) is 1. The summed E-state index contributed by atoms with van der Waals surface area (Å²) in [6, 6.07) is 5.14. The van der Waals surface area contributed by atoms with Gasteiger partial charge in [-0.05, 0) is 30.9 Å². The molecule has 1 aromatic carbocycles. The predicted octanol–water partition coefficient (Wildman–Crippen LogP) is 3.38. The molecule has 98 valence electrons. The Kier molecular flexibility index (Phi) is 4.05. The highest BCUT2D eigenvalue weighted by molar-refractivity contribution is 9.09. The third-order valence-corrected chi connectivity index (χ3v) is 4.39. The van der Waals surface area contributed by atoms with Gasteiger partial charge >= 0.3 is 0 Å². The molecule has 0 aliphatic carbocycles. The number of carbonyl (C=O) groups is 1. The van der Waals surface area contributed by atoms with Crippen molar-refractivity contribution in [1.29, 1.82) is 0 Å². The molecule has 1 aromatic rings. The fourth-order valence-electron chi connectivity index (χ4n) is 2.46. The minimum atomic E-state index is -0.393. The predicted molar refractivity (Wildman–Crippen MR) is 73.5 cm³/mol. The minimum Gasteiger partial charge on any atom is -0.334 e. The average Bonchev–Trinajstić information content (AvgIpc) is 2.73. The zero-order valence-corrected chi connectivity index (χ0v) is 12.2. The van der Waals surface area contributed by atoms with E-state index in [1.165, 1.54) is 0 Å². The van der Waals surface area contributed by atoms with E-state index in [9.17, 15) is 9.18 Å². The summed E-state index contributed by atoms with van der Waals surface area (Å²) < 4.78 is 14.0. The number of carbonyl (C=O) groups excluding carboxylic acids is 1. The fourth-order valence-corrected chi connectivity index (χ4v) is 3.45. The van der Waals surface area contributed by atoms with Crippen LogP contribution in [0.15, 0.2) is 18.2 Å². The second-order valence-electron chi connectivity index (χ2n) is 4.92. The van der Waals surface area contributed by atoms with Crippen molar-refractivity contribution in [1.82, 2.24) is 4.90 Å². The summed E-state index contributed by atoms with van der Waals surface area (Å²) in [6.45, 7) is 4.52. The smallest absolute Gasteiger partial charge is 0.257 e. The van der Waals surface area contributed by atoms with Gasteiger partial charge in [-0.1, -0.05) is 35.0 Å². The average molecular weight is 314 g/mol. The van der Waals surface area contributed by atoms with Crippen molar-refractivity contribution < 1.29 is 9.18 Å². The minimum absolute atomic E-state index is 0.164. The van der Waals surface area contributed by atoms with Crippen molar-refractivity contribution in [3.63, 3.8) is 0 Å². The molecule has 2 unspecified atom stereocenters. The standard InChI is InChI=1S/C14H17BrFNO/c1-9-6-7-17(12(9)8-15)14(18)11-5-3-4-10(2)13(11)16/h3-5,9,12H,6-8H2,1-2H3. The molecule has 1 aliphatic heterocycles. The van der Waals surface area contributed by atoms with Crippen LogP contribution in [0.2, 0.25) is 0 Å². The fraction of sp³-hybridized carbons (Fsp3) is 0.500. The van der Waals surface area contributed by atoms with Crippen LogP contribution >= 0.6 is 15.9 Å². The SMILES string of the molecule is Cc1cccc(C(=O)N2CCC(C)C2CBr)c1F. The Bertz CT molecular complexity index is 463. The molecule has 2 nitrogen and oxygen atoms in total. The van der Waals surface area contributed by atoms with Crippen LogP contribution < -0.4 is 0 Å². The van der Waals surface area contributed by atoms with E-state index >= 15 is 0 Å². The van der Waals surface area contributed by atoms with E-state index in [-0.39, 0.29) is 17.5 Å². The maximum absolute atomic E-state index is 14.0. The molecule has 4 heteroatoms. The van der Waals surface area contributed by atoms with Gasteiger partial charge in [0.25, 0.3) is 5.91 Å². The molecule has 0 spiro atoms. The van der Waals surface area contributed by atoms with Gasteiger partial charge in [-0.2, -0.15) is 0 Å². The van der Waals surface area contributed by atoms with E-state index in [1.54, 1.807) is 30.0 Å². The van der Waals surface area contributed by atoms with Crippen molar-refractivity contribution >= 4 is 21.8 Å². The van der Waals surface area contributed by atoms with Gasteiger partial charge in [-0.15, -0.1) is 0 Å². The highest BCUT2D eigenvalue weighted by Gasteiger charge is 2.34. The zero-order valence-electron chi connectivity index (χ0n) is 10.6. The van der Waals surface area contributed by atoms with Crippen LogP contribution in [-0.4, -0.2) is 28.7 Å². The molecular formula is C14H17BrFNO. The molecular weight excluding hydrogens is 297 g/mol. The van der Waals surface area contributed by atoms with E-state index in [0.717, 1.165) is 11.8 Å². The van der Waals surface area contributed by atoms with E-state index in [0.29, 0.717) is 18.0 Å². The first-order chi connectivity index (χ1) is 8.56. The van der Waals surface area contributed by atoms with Gasteiger partial charge in [0.15, 0.2) is 0 Å². The van der Waals surface area contributed by atoms with Gasteiger partial charge in [0.1, 0.15) is 5.82 Å². The lowest BCUT2D eigenvalue weighted by molar-refractivity contribution is 0.0733. The highest BCUT2D eigenvalue weighted by atomic mass is 79.9. The third-order valence-electron chi connectivity index (χ3n) is 3.72. The molecule has 0 radical (unpaired) electrons. The third kappa shape index (κ3) is 2.30. The van der Waals surface area contributed by atoms with Crippen LogP contribution in [0, 0.1) is 18.7 Å².